The number of tetrazole rings is 1. The first-order valence-electron chi connectivity index (χ1n) is 14.3. The third-order valence-corrected chi connectivity index (χ3v) is 7.90. The molecule has 5 N–H and O–H groups in total. The quantitative estimate of drug-likeness (QED) is 0.231. The van der Waals surface area contributed by atoms with Crippen molar-refractivity contribution < 1.29 is 14.3 Å². The highest BCUT2D eigenvalue weighted by Crippen LogP contribution is 2.33. The summed E-state index contributed by atoms with van der Waals surface area (Å²) < 4.78 is 5.69. The number of nitrogens with two attached hydrogens (primary N) is 2. The molecule has 0 radical (unpaired) electrons. The second-order valence-electron chi connectivity index (χ2n) is 10.6. The molecule has 11 nitrogen and oxygen atoms in total. The van der Waals surface area contributed by atoms with E-state index in [-0.39, 0.29) is 30.7 Å². The smallest absolute Gasteiger partial charge is 0.240 e. The Balaban J connectivity index is 0.00000423. The van der Waals surface area contributed by atoms with Crippen molar-refractivity contribution in [3.8, 4) is 28.4 Å². The van der Waals surface area contributed by atoms with Crippen molar-refractivity contribution in [2.24, 2.45) is 23.3 Å². The summed E-state index contributed by atoms with van der Waals surface area (Å²) in [5.41, 5.74) is 15.9. The third kappa shape index (κ3) is 7.36. The number of halogens is 1. The lowest BCUT2D eigenvalue weighted by atomic mass is 9.81. The normalized spacial score (nSPS) is 17.0. The van der Waals surface area contributed by atoms with Crippen molar-refractivity contribution in [3.63, 3.8) is 0 Å². The number of primary amides is 1. The second kappa shape index (κ2) is 14.7. The highest BCUT2D eigenvalue weighted by molar-refractivity contribution is 6.01. The fourth-order valence-electron chi connectivity index (χ4n) is 5.58. The van der Waals surface area contributed by atoms with Crippen LogP contribution in [0.5, 0.6) is 5.88 Å². The van der Waals surface area contributed by atoms with Crippen molar-refractivity contribution in [2.75, 3.05) is 18.1 Å². The van der Waals surface area contributed by atoms with Crippen LogP contribution < -0.4 is 21.1 Å². The maximum absolute atomic E-state index is 14.1. The molecule has 2 aromatic heterocycles. The maximum Gasteiger partial charge on any atom is 0.240 e. The van der Waals surface area contributed by atoms with Crippen LogP contribution in [0, 0.1) is 11.8 Å². The van der Waals surface area contributed by atoms with E-state index >= 15 is 0 Å². The molecule has 0 aliphatic heterocycles. The van der Waals surface area contributed by atoms with Gasteiger partial charge in [-0.1, -0.05) is 24.3 Å². The van der Waals surface area contributed by atoms with Crippen LogP contribution in [0.1, 0.15) is 38.2 Å². The number of anilines is 1. The first kappa shape index (κ1) is 31.6. The van der Waals surface area contributed by atoms with Gasteiger partial charge in [-0.15, -0.1) is 22.6 Å². The Morgan fingerprint density at radius 2 is 1.72 bits per heavy atom. The van der Waals surface area contributed by atoms with Gasteiger partial charge >= 0.3 is 0 Å². The molecule has 43 heavy (non-hydrogen) atoms. The maximum atomic E-state index is 14.1. The van der Waals surface area contributed by atoms with E-state index in [1.807, 2.05) is 55.5 Å². The standard InChI is InChI=1S/C31H36N8O3.ClH/c1-2-42-30-26(4-3-17-34-30)22-9-5-20(6-10-22)18-27(28(33)40)39(31(41)24-11-7-21(19-32)8-12-24)25-15-13-23(14-16-25)29-35-37-38-36-29;/h3-6,9-10,13-17,21,24,27H,2,7-8,11-12,18-19,32H2,1H3,(H2,33,40)(H,35,36,37,38);1H/t21-,24-,27-;/m0./s1. The first-order chi connectivity index (χ1) is 20.5. The minimum Gasteiger partial charge on any atom is -0.478 e. The molecule has 1 saturated carbocycles. The predicted octanol–water partition coefficient (Wildman–Crippen LogP) is 3.94. The number of carbonyl (C=O) groups is 2. The van der Waals surface area contributed by atoms with Crippen LogP contribution in [0.15, 0.2) is 66.9 Å². The number of benzene rings is 2. The summed E-state index contributed by atoms with van der Waals surface area (Å²) in [5, 5.41) is 14.1. The Morgan fingerprint density at radius 3 is 2.33 bits per heavy atom. The average Bonchev–Trinajstić information content (AvgIpc) is 3.57. The van der Waals surface area contributed by atoms with E-state index in [4.69, 9.17) is 16.2 Å². The minimum atomic E-state index is -0.885. The number of pyridine rings is 1. The van der Waals surface area contributed by atoms with Gasteiger partial charge in [0, 0.05) is 35.3 Å². The van der Waals surface area contributed by atoms with Gasteiger partial charge in [0.25, 0.3) is 0 Å². The van der Waals surface area contributed by atoms with E-state index in [9.17, 15) is 9.59 Å². The van der Waals surface area contributed by atoms with Gasteiger partial charge in [-0.2, -0.15) is 5.21 Å². The molecule has 1 aliphatic rings. The summed E-state index contributed by atoms with van der Waals surface area (Å²) in [5.74, 6) is 0.535. The summed E-state index contributed by atoms with van der Waals surface area (Å²) in [6.45, 7) is 3.05. The molecular formula is C31H37ClN8O3. The highest BCUT2D eigenvalue weighted by Gasteiger charge is 2.36. The van der Waals surface area contributed by atoms with Crippen LogP contribution >= 0.6 is 12.4 Å². The Morgan fingerprint density at radius 1 is 1.02 bits per heavy atom. The van der Waals surface area contributed by atoms with Crippen molar-refractivity contribution in [1.82, 2.24) is 25.6 Å². The van der Waals surface area contributed by atoms with Gasteiger partial charge in [0.15, 0.2) is 0 Å². The van der Waals surface area contributed by atoms with Crippen molar-refractivity contribution in [2.45, 2.75) is 45.1 Å². The molecule has 2 aromatic carbocycles. The fourth-order valence-corrected chi connectivity index (χ4v) is 5.58. The monoisotopic (exact) mass is 604 g/mol. The summed E-state index contributed by atoms with van der Waals surface area (Å²) >= 11 is 0. The van der Waals surface area contributed by atoms with E-state index in [1.54, 1.807) is 23.2 Å². The number of rotatable bonds is 11. The van der Waals surface area contributed by atoms with Gasteiger partial charge in [-0.3, -0.25) is 14.5 Å². The molecule has 1 fully saturated rings. The lowest BCUT2D eigenvalue weighted by Crippen LogP contribution is -2.52. The lowest BCUT2D eigenvalue weighted by Gasteiger charge is -2.35. The molecule has 1 atom stereocenters. The molecule has 12 heteroatoms. The molecule has 2 amide bonds. The molecule has 0 spiro atoms. The lowest BCUT2D eigenvalue weighted by molar-refractivity contribution is -0.127. The van der Waals surface area contributed by atoms with Crippen LogP contribution in [0.3, 0.4) is 0 Å². The van der Waals surface area contributed by atoms with Crippen LogP contribution in [0.4, 0.5) is 5.69 Å². The summed E-state index contributed by atoms with van der Waals surface area (Å²) in [4.78, 5) is 33.1. The van der Waals surface area contributed by atoms with Crippen LogP contribution in [-0.4, -0.2) is 56.6 Å². The number of nitrogens with one attached hydrogen (secondary N) is 1. The average molecular weight is 605 g/mol. The van der Waals surface area contributed by atoms with Crippen LogP contribution in [0.2, 0.25) is 0 Å². The topological polar surface area (TPSA) is 166 Å². The van der Waals surface area contributed by atoms with Gasteiger partial charge in [0.05, 0.1) is 6.61 Å². The second-order valence-corrected chi connectivity index (χ2v) is 10.6. The van der Waals surface area contributed by atoms with Gasteiger partial charge in [-0.25, -0.2) is 4.98 Å². The molecule has 4 aromatic rings. The number of aromatic nitrogens is 5. The van der Waals surface area contributed by atoms with E-state index in [0.717, 1.165) is 47.9 Å². The van der Waals surface area contributed by atoms with Gasteiger partial charge in [0.1, 0.15) is 6.04 Å². The molecule has 0 bridgehead atoms. The molecule has 5 rings (SSSR count). The molecule has 2 heterocycles. The van der Waals surface area contributed by atoms with Crippen molar-refractivity contribution in [3.05, 3.63) is 72.4 Å². The zero-order valence-electron chi connectivity index (χ0n) is 24.1. The number of amides is 2. The molecule has 226 valence electrons. The third-order valence-electron chi connectivity index (χ3n) is 7.90. The van der Waals surface area contributed by atoms with Gasteiger partial charge in [-0.05, 0) is 97.8 Å². The largest absolute Gasteiger partial charge is 0.478 e. The van der Waals surface area contributed by atoms with E-state index in [0.29, 0.717) is 36.5 Å². The fraction of sp³-hybridized carbons (Fsp3) is 0.355. The zero-order valence-corrected chi connectivity index (χ0v) is 24.9. The van der Waals surface area contributed by atoms with E-state index < -0.39 is 11.9 Å². The minimum absolute atomic E-state index is 0. The van der Waals surface area contributed by atoms with Gasteiger partial charge in [0.2, 0.25) is 23.5 Å². The molecular weight excluding hydrogens is 568 g/mol. The number of carbonyl (C=O) groups excluding carboxylic acids is 2. The number of ether oxygens (including phenoxy) is 1. The van der Waals surface area contributed by atoms with E-state index in [2.05, 4.69) is 25.6 Å². The zero-order chi connectivity index (χ0) is 29.5. The Kier molecular flexibility index (Phi) is 10.8. The SMILES string of the molecule is CCOc1ncccc1-c1ccc(C[C@@H](C(N)=O)N(c2ccc(-c3nn[nH]n3)cc2)C(=O)[C@H]2CC[C@H](CN)CC2)cc1.Cl. The van der Waals surface area contributed by atoms with Crippen LogP contribution in [0.25, 0.3) is 22.5 Å². The number of hydrogen-bond donors (Lipinski definition) is 3. The number of H-pyrrole nitrogens is 1. The molecule has 0 saturated heterocycles. The Bertz CT molecular complexity index is 1470. The van der Waals surface area contributed by atoms with Crippen LogP contribution in [-0.2, 0) is 16.0 Å². The first-order valence-corrected chi connectivity index (χ1v) is 14.3. The highest BCUT2D eigenvalue weighted by atomic mass is 35.5. The number of hydrogen-bond acceptors (Lipinski definition) is 8. The number of aromatic amines is 1. The number of nitrogens with zero attached hydrogens (tertiary/aromatic N) is 5. The summed E-state index contributed by atoms with van der Waals surface area (Å²) in [6, 6.07) is 18.0. The summed E-state index contributed by atoms with van der Waals surface area (Å²) in [7, 11) is 0. The predicted molar refractivity (Wildman–Crippen MR) is 166 cm³/mol. The Labute approximate surface area is 256 Å². The van der Waals surface area contributed by atoms with Gasteiger partial charge < -0.3 is 16.2 Å². The van der Waals surface area contributed by atoms with Crippen molar-refractivity contribution in [1.29, 1.82) is 0 Å². The molecule has 1 aliphatic carbocycles. The molecule has 0 unspecified atom stereocenters. The summed E-state index contributed by atoms with van der Waals surface area (Å²) in [6.07, 6.45) is 5.19. The Hall–Kier alpha value is -4.35. The van der Waals surface area contributed by atoms with E-state index in [1.165, 1.54) is 0 Å². The van der Waals surface area contributed by atoms with Crippen molar-refractivity contribution >= 4 is 29.9 Å².